The first-order chi connectivity index (χ1) is 15.5. The Balaban J connectivity index is 1.35. The van der Waals surface area contributed by atoms with Gasteiger partial charge in [-0.3, -0.25) is 14.4 Å². The molecule has 7 heteroatoms. The van der Waals surface area contributed by atoms with Crippen LogP contribution in [0.1, 0.15) is 42.1 Å². The number of fused-ring (bicyclic) bond motifs is 1. The fourth-order valence-electron chi connectivity index (χ4n) is 4.09. The summed E-state index contributed by atoms with van der Waals surface area (Å²) < 4.78 is 11.0. The Morgan fingerprint density at radius 2 is 1.84 bits per heavy atom. The summed E-state index contributed by atoms with van der Waals surface area (Å²) in [6, 6.07) is 12.9. The Hall–Kier alpha value is -3.35. The predicted molar refractivity (Wildman–Crippen MR) is 120 cm³/mol. The van der Waals surface area contributed by atoms with Crippen LogP contribution in [0.25, 0.3) is 0 Å². The second kappa shape index (κ2) is 9.42. The molecule has 0 unspecified atom stereocenters. The molecule has 2 aromatic carbocycles. The molecule has 1 fully saturated rings. The van der Waals surface area contributed by atoms with Crippen molar-refractivity contribution in [3.05, 3.63) is 53.6 Å². The highest BCUT2D eigenvalue weighted by atomic mass is 16.5. The number of amides is 2. The number of Topliss-reactive ketones (excluding diaryl/α,β-unsaturated/α-hetero) is 1. The highest BCUT2D eigenvalue weighted by Crippen LogP contribution is 2.31. The van der Waals surface area contributed by atoms with Crippen LogP contribution in [-0.2, 0) is 16.0 Å². The molecule has 1 aliphatic carbocycles. The van der Waals surface area contributed by atoms with E-state index in [1.165, 1.54) is 0 Å². The molecule has 0 N–H and O–H groups in total. The molecule has 168 valence electrons. The van der Waals surface area contributed by atoms with E-state index in [1.54, 1.807) is 42.0 Å². The van der Waals surface area contributed by atoms with Crippen LogP contribution in [0.15, 0.2) is 42.5 Å². The molecule has 1 aliphatic heterocycles. The number of anilines is 1. The quantitative estimate of drug-likeness (QED) is 0.564. The molecule has 32 heavy (non-hydrogen) atoms. The van der Waals surface area contributed by atoms with Gasteiger partial charge in [0.05, 0.1) is 7.11 Å². The lowest BCUT2D eigenvalue weighted by molar-refractivity contribution is -0.134. The van der Waals surface area contributed by atoms with Gasteiger partial charge in [0.1, 0.15) is 0 Å². The summed E-state index contributed by atoms with van der Waals surface area (Å²) in [6.07, 6.45) is 2.90. The normalized spacial score (nSPS) is 14.6. The van der Waals surface area contributed by atoms with E-state index in [4.69, 9.17) is 9.47 Å². The predicted octanol–water partition coefficient (Wildman–Crippen LogP) is 3.25. The van der Waals surface area contributed by atoms with Gasteiger partial charge in [0.2, 0.25) is 5.91 Å². The number of hydrogen-bond donors (Lipinski definition) is 0. The third-order valence-electron chi connectivity index (χ3n) is 5.98. The van der Waals surface area contributed by atoms with E-state index in [2.05, 4.69) is 0 Å². The van der Waals surface area contributed by atoms with Gasteiger partial charge in [-0.05, 0) is 62.1 Å². The number of carbonyl (C=O) groups excluding carboxylic acids is 3. The SMILES string of the molecule is COc1ccccc1OCC(=O)N(CCC(=O)N1CCc2cc(C(C)=O)ccc21)C1CC1. The van der Waals surface area contributed by atoms with Gasteiger partial charge in [-0.2, -0.15) is 0 Å². The molecule has 0 atom stereocenters. The molecule has 2 aliphatic rings. The molecule has 0 spiro atoms. The number of carbonyl (C=O) groups is 3. The van der Waals surface area contributed by atoms with Crippen molar-refractivity contribution in [2.45, 2.75) is 38.6 Å². The van der Waals surface area contributed by atoms with Crippen molar-refractivity contribution in [1.82, 2.24) is 4.90 Å². The number of hydrogen-bond acceptors (Lipinski definition) is 5. The van der Waals surface area contributed by atoms with Crippen LogP contribution in [0.2, 0.25) is 0 Å². The van der Waals surface area contributed by atoms with E-state index >= 15 is 0 Å². The lowest BCUT2D eigenvalue weighted by Gasteiger charge is -2.24. The van der Waals surface area contributed by atoms with E-state index in [0.29, 0.717) is 30.2 Å². The Morgan fingerprint density at radius 1 is 1.09 bits per heavy atom. The zero-order chi connectivity index (χ0) is 22.7. The van der Waals surface area contributed by atoms with Crippen molar-refractivity contribution < 1.29 is 23.9 Å². The molecule has 0 bridgehead atoms. The van der Waals surface area contributed by atoms with Gasteiger partial charge in [-0.15, -0.1) is 0 Å². The lowest BCUT2D eigenvalue weighted by atomic mass is 10.1. The molecule has 7 nitrogen and oxygen atoms in total. The first-order valence-electron chi connectivity index (χ1n) is 11.0. The Labute approximate surface area is 187 Å². The van der Waals surface area contributed by atoms with Crippen LogP contribution in [0.5, 0.6) is 11.5 Å². The zero-order valence-electron chi connectivity index (χ0n) is 18.5. The molecule has 0 aromatic heterocycles. The van der Waals surface area contributed by atoms with E-state index in [-0.39, 0.29) is 36.7 Å². The standard InChI is InChI=1S/C25H28N2O5/c1-17(28)18-7-10-21-19(15-18)11-13-27(21)24(29)12-14-26(20-8-9-20)25(30)16-32-23-6-4-3-5-22(23)31-2/h3-7,10,15,20H,8-9,11-14,16H2,1-2H3. The summed E-state index contributed by atoms with van der Waals surface area (Å²) in [5.74, 6) is 0.983. The van der Waals surface area contributed by atoms with Crippen molar-refractivity contribution in [2.24, 2.45) is 0 Å². The number of ketones is 1. The molecular formula is C25H28N2O5. The first kappa shape index (κ1) is 21.9. The number of methoxy groups -OCH3 is 1. The van der Waals surface area contributed by atoms with Gasteiger partial charge < -0.3 is 19.3 Å². The summed E-state index contributed by atoms with van der Waals surface area (Å²) in [6.45, 7) is 2.42. The fraction of sp³-hybridized carbons (Fsp3) is 0.400. The maximum Gasteiger partial charge on any atom is 0.260 e. The minimum absolute atomic E-state index is 0.0107. The minimum atomic E-state index is -0.126. The van der Waals surface area contributed by atoms with Crippen LogP contribution in [0.3, 0.4) is 0 Å². The number of ether oxygens (including phenoxy) is 2. The monoisotopic (exact) mass is 436 g/mol. The summed E-state index contributed by atoms with van der Waals surface area (Å²) in [5.41, 5.74) is 2.55. The maximum absolute atomic E-state index is 12.9. The van der Waals surface area contributed by atoms with Crippen molar-refractivity contribution in [1.29, 1.82) is 0 Å². The Bertz CT molecular complexity index is 1030. The second-order valence-electron chi connectivity index (χ2n) is 8.20. The summed E-state index contributed by atoms with van der Waals surface area (Å²) >= 11 is 0. The topological polar surface area (TPSA) is 76.2 Å². The van der Waals surface area contributed by atoms with E-state index in [1.807, 2.05) is 24.3 Å². The average Bonchev–Trinajstić information content (AvgIpc) is 3.55. The molecule has 0 radical (unpaired) electrons. The number of rotatable bonds is 9. The van der Waals surface area contributed by atoms with E-state index < -0.39 is 0 Å². The number of benzene rings is 2. The van der Waals surface area contributed by atoms with Crippen molar-refractivity contribution in [3.63, 3.8) is 0 Å². The van der Waals surface area contributed by atoms with Crippen LogP contribution in [0.4, 0.5) is 5.69 Å². The smallest absolute Gasteiger partial charge is 0.260 e. The third kappa shape index (κ3) is 4.77. The Kier molecular flexibility index (Phi) is 6.44. The summed E-state index contributed by atoms with van der Waals surface area (Å²) in [7, 11) is 1.56. The molecule has 2 aromatic rings. The molecular weight excluding hydrogens is 408 g/mol. The summed E-state index contributed by atoms with van der Waals surface area (Å²) in [4.78, 5) is 40.9. The second-order valence-corrected chi connectivity index (χ2v) is 8.20. The van der Waals surface area contributed by atoms with Gasteiger partial charge in [-0.25, -0.2) is 0 Å². The molecule has 1 saturated carbocycles. The van der Waals surface area contributed by atoms with Gasteiger partial charge in [-0.1, -0.05) is 12.1 Å². The van der Waals surface area contributed by atoms with Gasteiger partial charge in [0.25, 0.3) is 5.91 Å². The highest BCUT2D eigenvalue weighted by molar-refractivity contribution is 5.98. The third-order valence-corrected chi connectivity index (χ3v) is 5.98. The van der Waals surface area contributed by atoms with Crippen molar-refractivity contribution in [3.8, 4) is 11.5 Å². The minimum Gasteiger partial charge on any atom is -0.493 e. The van der Waals surface area contributed by atoms with Crippen LogP contribution < -0.4 is 14.4 Å². The fourth-order valence-corrected chi connectivity index (χ4v) is 4.09. The number of nitrogens with zero attached hydrogens (tertiary/aromatic N) is 2. The van der Waals surface area contributed by atoms with Gasteiger partial charge >= 0.3 is 0 Å². The largest absolute Gasteiger partial charge is 0.493 e. The molecule has 4 rings (SSSR count). The van der Waals surface area contributed by atoms with Crippen molar-refractivity contribution >= 4 is 23.3 Å². The highest BCUT2D eigenvalue weighted by Gasteiger charge is 2.34. The summed E-state index contributed by atoms with van der Waals surface area (Å²) in [5, 5.41) is 0. The number of para-hydroxylation sites is 2. The van der Waals surface area contributed by atoms with E-state index in [9.17, 15) is 14.4 Å². The van der Waals surface area contributed by atoms with Crippen LogP contribution in [0, 0.1) is 0 Å². The van der Waals surface area contributed by atoms with Crippen LogP contribution in [-0.4, -0.2) is 55.3 Å². The van der Waals surface area contributed by atoms with Gasteiger partial charge in [0, 0.05) is 36.8 Å². The molecule has 0 saturated heterocycles. The van der Waals surface area contributed by atoms with Crippen molar-refractivity contribution in [2.75, 3.05) is 31.7 Å². The Morgan fingerprint density at radius 3 is 2.53 bits per heavy atom. The molecule has 1 heterocycles. The average molecular weight is 437 g/mol. The van der Waals surface area contributed by atoms with Crippen LogP contribution >= 0.6 is 0 Å². The molecule has 2 amide bonds. The zero-order valence-corrected chi connectivity index (χ0v) is 18.5. The lowest BCUT2D eigenvalue weighted by Crippen LogP contribution is -2.40. The van der Waals surface area contributed by atoms with E-state index in [0.717, 1.165) is 30.5 Å². The maximum atomic E-state index is 12.9. The van der Waals surface area contributed by atoms with Gasteiger partial charge in [0.15, 0.2) is 23.9 Å². The first-order valence-corrected chi connectivity index (χ1v) is 11.0.